The minimum absolute atomic E-state index is 0.241. The number of methoxy groups -OCH3 is 1. The van der Waals surface area contributed by atoms with Crippen LogP contribution in [0.4, 0.5) is 0 Å². The van der Waals surface area contributed by atoms with E-state index in [-0.39, 0.29) is 6.61 Å². The fourth-order valence-electron chi connectivity index (χ4n) is 1.83. The van der Waals surface area contributed by atoms with Crippen LogP contribution in [0.15, 0.2) is 57.5 Å². The van der Waals surface area contributed by atoms with Gasteiger partial charge in [-0.15, -0.1) is 11.3 Å². The van der Waals surface area contributed by atoms with Crippen molar-refractivity contribution in [1.29, 1.82) is 0 Å². The van der Waals surface area contributed by atoms with E-state index < -0.39 is 0 Å². The normalized spacial score (nSPS) is 11.0. The molecule has 0 saturated carbocycles. The number of oxime groups is 1. The van der Waals surface area contributed by atoms with Gasteiger partial charge in [0.2, 0.25) is 0 Å². The first kappa shape index (κ1) is 14.3. The van der Waals surface area contributed by atoms with E-state index in [0.29, 0.717) is 5.76 Å². The zero-order valence-corrected chi connectivity index (χ0v) is 12.7. The molecule has 0 amide bonds. The summed E-state index contributed by atoms with van der Waals surface area (Å²) in [6, 6.07) is 13.4. The van der Waals surface area contributed by atoms with Gasteiger partial charge in [0.1, 0.15) is 11.4 Å². The Morgan fingerprint density at radius 3 is 2.86 bits per heavy atom. The fraction of sp³-hybridized carbons (Fsp3) is 0.125. The lowest BCUT2D eigenvalue weighted by Crippen LogP contribution is -1.84. The number of hydrogen-bond acceptors (Lipinski definition) is 6. The SMILES string of the molecule is COc1ccc(-c2cc(CO/N=C/c3cccs3)on2)cc1. The number of ether oxygens (including phenoxy) is 1. The van der Waals surface area contributed by atoms with Crippen molar-refractivity contribution >= 4 is 17.6 Å². The molecule has 0 saturated heterocycles. The molecule has 0 radical (unpaired) electrons. The van der Waals surface area contributed by atoms with Crippen LogP contribution in [-0.4, -0.2) is 18.5 Å². The molecule has 0 aliphatic rings. The lowest BCUT2D eigenvalue weighted by molar-refractivity contribution is 0.110. The Labute approximate surface area is 131 Å². The smallest absolute Gasteiger partial charge is 0.177 e. The average molecular weight is 314 g/mol. The van der Waals surface area contributed by atoms with Crippen LogP contribution in [0, 0.1) is 0 Å². The summed E-state index contributed by atoms with van der Waals surface area (Å²) in [7, 11) is 1.64. The van der Waals surface area contributed by atoms with Crippen molar-refractivity contribution in [1.82, 2.24) is 5.16 Å². The topological polar surface area (TPSA) is 56.9 Å². The summed E-state index contributed by atoms with van der Waals surface area (Å²) in [6.45, 7) is 0.241. The standard InChI is InChI=1S/C16H14N2O3S/c1-19-13-6-4-12(5-7-13)16-9-14(21-18-16)11-20-17-10-15-3-2-8-22-15/h2-10H,11H2,1H3/b17-10+. The van der Waals surface area contributed by atoms with Crippen molar-refractivity contribution in [2.75, 3.05) is 7.11 Å². The van der Waals surface area contributed by atoms with Crippen LogP contribution in [-0.2, 0) is 11.4 Å². The van der Waals surface area contributed by atoms with Crippen molar-refractivity contribution in [2.24, 2.45) is 5.16 Å². The van der Waals surface area contributed by atoms with Gasteiger partial charge in [0.25, 0.3) is 0 Å². The highest BCUT2D eigenvalue weighted by Gasteiger charge is 2.07. The number of rotatable bonds is 6. The monoisotopic (exact) mass is 314 g/mol. The van der Waals surface area contributed by atoms with Gasteiger partial charge in [-0.1, -0.05) is 16.4 Å². The van der Waals surface area contributed by atoms with Crippen molar-refractivity contribution in [3.8, 4) is 17.0 Å². The summed E-state index contributed by atoms with van der Waals surface area (Å²) in [5.74, 6) is 1.42. The highest BCUT2D eigenvalue weighted by molar-refractivity contribution is 7.11. The second-order valence-corrected chi connectivity index (χ2v) is 5.41. The predicted molar refractivity (Wildman–Crippen MR) is 85.2 cm³/mol. The number of thiophene rings is 1. The fourth-order valence-corrected chi connectivity index (χ4v) is 2.41. The molecule has 5 nitrogen and oxygen atoms in total. The Morgan fingerprint density at radius 1 is 1.27 bits per heavy atom. The van der Waals surface area contributed by atoms with Crippen molar-refractivity contribution < 1.29 is 14.1 Å². The van der Waals surface area contributed by atoms with E-state index >= 15 is 0 Å². The molecule has 0 atom stereocenters. The number of benzene rings is 1. The van der Waals surface area contributed by atoms with Crippen LogP contribution in [0.25, 0.3) is 11.3 Å². The van der Waals surface area contributed by atoms with Crippen molar-refractivity contribution in [3.63, 3.8) is 0 Å². The molecule has 0 bridgehead atoms. The lowest BCUT2D eigenvalue weighted by Gasteiger charge is -1.99. The molecular weight excluding hydrogens is 300 g/mol. The van der Waals surface area contributed by atoms with Gasteiger partial charge in [-0.3, -0.25) is 0 Å². The summed E-state index contributed by atoms with van der Waals surface area (Å²) in [6.07, 6.45) is 1.67. The van der Waals surface area contributed by atoms with Crippen molar-refractivity contribution in [2.45, 2.75) is 6.61 Å². The number of aromatic nitrogens is 1. The molecule has 0 spiro atoms. The van der Waals surface area contributed by atoms with E-state index in [4.69, 9.17) is 14.1 Å². The Kier molecular flexibility index (Phi) is 4.50. The second kappa shape index (κ2) is 6.91. The molecule has 3 rings (SSSR count). The van der Waals surface area contributed by atoms with E-state index in [1.807, 2.05) is 47.8 Å². The largest absolute Gasteiger partial charge is 0.497 e. The molecule has 6 heteroatoms. The molecule has 1 aromatic carbocycles. The molecular formula is C16H14N2O3S. The quantitative estimate of drug-likeness (QED) is 0.510. The predicted octanol–water partition coefficient (Wildman–Crippen LogP) is 3.96. The van der Waals surface area contributed by atoms with Gasteiger partial charge in [-0.25, -0.2) is 0 Å². The summed E-state index contributed by atoms with van der Waals surface area (Å²) >= 11 is 1.60. The molecule has 0 unspecified atom stereocenters. The summed E-state index contributed by atoms with van der Waals surface area (Å²) < 4.78 is 10.4. The maximum Gasteiger partial charge on any atom is 0.177 e. The zero-order chi connectivity index (χ0) is 15.2. The van der Waals surface area contributed by atoms with Crippen LogP contribution in [0.5, 0.6) is 5.75 Å². The van der Waals surface area contributed by atoms with Crippen LogP contribution in [0.1, 0.15) is 10.6 Å². The van der Waals surface area contributed by atoms with E-state index in [0.717, 1.165) is 21.9 Å². The Morgan fingerprint density at radius 2 is 2.14 bits per heavy atom. The maximum absolute atomic E-state index is 5.24. The molecule has 0 N–H and O–H groups in total. The van der Waals surface area contributed by atoms with Gasteiger partial charge in [0.15, 0.2) is 12.4 Å². The third kappa shape index (κ3) is 3.53. The molecule has 2 aromatic heterocycles. The lowest BCUT2D eigenvalue weighted by atomic mass is 10.1. The first-order valence-corrected chi connectivity index (χ1v) is 7.52. The highest BCUT2D eigenvalue weighted by Crippen LogP contribution is 2.22. The third-order valence-electron chi connectivity index (χ3n) is 2.95. The van der Waals surface area contributed by atoms with Gasteiger partial charge in [-0.2, -0.15) is 0 Å². The molecule has 0 fully saturated rings. The number of nitrogens with zero attached hydrogens (tertiary/aromatic N) is 2. The molecule has 22 heavy (non-hydrogen) atoms. The molecule has 3 aromatic rings. The number of hydrogen-bond donors (Lipinski definition) is 0. The van der Waals surface area contributed by atoms with Crippen LogP contribution < -0.4 is 4.74 Å². The van der Waals surface area contributed by atoms with Gasteiger partial charge in [-0.05, 0) is 35.7 Å². The Bertz CT molecular complexity index is 733. The summed E-state index contributed by atoms with van der Waals surface area (Å²) in [5.41, 5.74) is 1.71. The Balaban J connectivity index is 1.58. The minimum atomic E-state index is 0.241. The molecule has 112 valence electrons. The summed E-state index contributed by atoms with van der Waals surface area (Å²) in [5, 5.41) is 9.90. The van der Waals surface area contributed by atoms with Crippen LogP contribution in [0.2, 0.25) is 0 Å². The second-order valence-electron chi connectivity index (χ2n) is 4.43. The van der Waals surface area contributed by atoms with Gasteiger partial charge in [0.05, 0.1) is 13.3 Å². The zero-order valence-electron chi connectivity index (χ0n) is 11.9. The van der Waals surface area contributed by atoms with E-state index in [9.17, 15) is 0 Å². The average Bonchev–Trinajstić information content (AvgIpc) is 3.23. The van der Waals surface area contributed by atoms with Gasteiger partial charge >= 0.3 is 0 Å². The van der Waals surface area contributed by atoms with Gasteiger partial charge in [0, 0.05) is 16.5 Å². The maximum atomic E-state index is 5.24. The van der Waals surface area contributed by atoms with Crippen LogP contribution >= 0.6 is 11.3 Å². The van der Waals surface area contributed by atoms with Gasteiger partial charge < -0.3 is 14.1 Å². The van der Waals surface area contributed by atoms with E-state index in [2.05, 4.69) is 10.3 Å². The minimum Gasteiger partial charge on any atom is -0.497 e. The van der Waals surface area contributed by atoms with E-state index in [1.165, 1.54) is 0 Å². The van der Waals surface area contributed by atoms with Crippen LogP contribution in [0.3, 0.4) is 0 Å². The molecule has 2 heterocycles. The Hall–Kier alpha value is -2.60. The third-order valence-corrected chi connectivity index (χ3v) is 3.76. The first-order chi connectivity index (χ1) is 10.8. The summed E-state index contributed by atoms with van der Waals surface area (Å²) in [4.78, 5) is 6.24. The van der Waals surface area contributed by atoms with E-state index in [1.54, 1.807) is 24.7 Å². The highest BCUT2D eigenvalue weighted by atomic mass is 32.1. The first-order valence-electron chi connectivity index (χ1n) is 6.64. The van der Waals surface area contributed by atoms with Crippen molar-refractivity contribution in [3.05, 3.63) is 58.5 Å². The molecule has 0 aliphatic carbocycles. The molecule has 0 aliphatic heterocycles.